The molecule has 2 aromatic rings. The van der Waals surface area contributed by atoms with Crippen molar-refractivity contribution in [3.63, 3.8) is 0 Å². The van der Waals surface area contributed by atoms with Crippen LogP contribution in [0.2, 0.25) is 0 Å². The van der Waals surface area contributed by atoms with Crippen LogP contribution in [0.4, 0.5) is 14.2 Å². The lowest BCUT2D eigenvalue weighted by molar-refractivity contribution is -0.0147. The van der Waals surface area contributed by atoms with Gasteiger partial charge in [0, 0.05) is 7.05 Å². The summed E-state index contributed by atoms with van der Waals surface area (Å²) in [7, 11) is 1.22. The average Bonchev–Trinajstić information content (AvgIpc) is 2.94. The van der Waals surface area contributed by atoms with Crippen LogP contribution in [-0.4, -0.2) is 29.9 Å². The maximum atomic E-state index is 12.8. The predicted molar refractivity (Wildman–Crippen MR) is 81.9 cm³/mol. The molecule has 0 spiro atoms. The first kappa shape index (κ1) is 15.8. The molecule has 0 aliphatic carbocycles. The second-order valence-corrected chi connectivity index (χ2v) is 5.27. The van der Waals surface area contributed by atoms with Crippen molar-refractivity contribution in [2.75, 3.05) is 18.5 Å². The number of halogens is 1. The smallest absolute Gasteiger partial charge is 0.349 e. The van der Waals surface area contributed by atoms with Gasteiger partial charge < -0.3 is 4.74 Å². The number of rotatable bonds is 4. The second-order valence-electron chi connectivity index (χ2n) is 4.25. The summed E-state index contributed by atoms with van der Waals surface area (Å²) in [5.41, 5.74) is 0. The third kappa shape index (κ3) is 3.75. The molecule has 5 nitrogen and oxygen atoms in total. The highest BCUT2D eigenvalue weighted by molar-refractivity contribution is 7.18. The van der Waals surface area contributed by atoms with E-state index in [9.17, 15) is 14.4 Å². The molecule has 1 aromatic heterocycles. The quantitative estimate of drug-likeness (QED) is 0.532. The van der Waals surface area contributed by atoms with E-state index in [4.69, 9.17) is 11.2 Å². The maximum Gasteiger partial charge on any atom is 0.349 e. The van der Waals surface area contributed by atoms with Crippen LogP contribution in [0, 0.1) is 18.2 Å². The van der Waals surface area contributed by atoms with Crippen LogP contribution in [0.3, 0.4) is 0 Å². The lowest BCUT2D eigenvalue weighted by Crippen LogP contribution is -2.39. The fourth-order valence-corrected chi connectivity index (χ4v) is 2.50. The van der Waals surface area contributed by atoms with Gasteiger partial charge in [-0.25, -0.2) is 14.2 Å². The van der Waals surface area contributed by atoms with E-state index >= 15 is 0 Å². The molecule has 0 aliphatic heterocycles. The Morgan fingerprint density at radius 1 is 1.36 bits per heavy atom. The first-order valence-corrected chi connectivity index (χ1v) is 7.03. The molecule has 0 bridgehead atoms. The summed E-state index contributed by atoms with van der Waals surface area (Å²) in [4.78, 5) is 13.1. The number of carbonyl (C=O) groups is 1. The third-order valence-electron chi connectivity index (χ3n) is 2.62. The van der Waals surface area contributed by atoms with Gasteiger partial charge in [0.2, 0.25) is 0 Å². The van der Waals surface area contributed by atoms with Crippen molar-refractivity contribution < 1.29 is 19.1 Å². The molecule has 0 unspecified atom stereocenters. The first-order chi connectivity index (χ1) is 10.5. The summed E-state index contributed by atoms with van der Waals surface area (Å²) in [6, 6.07) is 8.26. The van der Waals surface area contributed by atoms with Crippen LogP contribution in [0.1, 0.15) is 0 Å². The number of ether oxygens (including phenoxy) is 1. The zero-order valence-electron chi connectivity index (χ0n) is 11.7. The van der Waals surface area contributed by atoms with Gasteiger partial charge in [-0.15, -0.1) is 6.42 Å². The highest BCUT2D eigenvalue weighted by atomic mass is 32.1. The molecule has 0 fully saturated rings. The minimum absolute atomic E-state index is 0.0141. The number of hydrogen-bond donors (Lipinski definition) is 1. The molecule has 1 N–H and O–H groups in total. The van der Waals surface area contributed by atoms with E-state index in [1.165, 1.54) is 47.5 Å². The third-order valence-corrected chi connectivity index (χ3v) is 3.61. The van der Waals surface area contributed by atoms with Gasteiger partial charge in [-0.05, 0) is 36.4 Å². The van der Waals surface area contributed by atoms with Crippen LogP contribution in [0.5, 0.6) is 10.8 Å². The number of amides is 2. The van der Waals surface area contributed by atoms with Crippen molar-refractivity contribution in [3.8, 4) is 23.2 Å². The van der Waals surface area contributed by atoms with Gasteiger partial charge in [-0.3, -0.25) is 10.1 Å². The number of thiophene rings is 1. The van der Waals surface area contributed by atoms with Crippen molar-refractivity contribution in [2.45, 2.75) is 0 Å². The summed E-state index contributed by atoms with van der Waals surface area (Å²) in [5, 5.41) is 10.8. The fourth-order valence-electron chi connectivity index (χ4n) is 1.63. The number of hydroxylamine groups is 2. The Labute approximate surface area is 131 Å². The SMILES string of the molecule is C#CCN(C(=O)N(C)O)c1ccc(Oc2ccc(F)cc2)s1. The van der Waals surface area contributed by atoms with Gasteiger partial charge in [0.05, 0.1) is 6.54 Å². The van der Waals surface area contributed by atoms with Crippen LogP contribution >= 0.6 is 11.3 Å². The Balaban J connectivity index is 2.16. The first-order valence-electron chi connectivity index (χ1n) is 6.22. The van der Waals surface area contributed by atoms with Crippen molar-refractivity contribution in [1.82, 2.24) is 5.06 Å². The number of urea groups is 1. The van der Waals surface area contributed by atoms with Crippen molar-refractivity contribution in [2.24, 2.45) is 0 Å². The number of benzene rings is 1. The molecular weight excluding hydrogens is 307 g/mol. The zero-order chi connectivity index (χ0) is 16.1. The van der Waals surface area contributed by atoms with E-state index in [-0.39, 0.29) is 12.4 Å². The summed E-state index contributed by atoms with van der Waals surface area (Å²) in [6.45, 7) is 0.0141. The van der Waals surface area contributed by atoms with Gasteiger partial charge in [0.25, 0.3) is 0 Å². The monoisotopic (exact) mass is 320 g/mol. The molecule has 1 aromatic carbocycles. The van der Waals surface area contributed by atoms with Gasteiger partial charge in [-0.2, -0.15) is 0 Å². The molecule has 0 saturated carbocycles. The second kappa shape index (κ2) is 6.93. The van der Waals surface area contributed by atoms with E-state index in [0.717, 1.165) is 0 Å². The number of nitrogens with zero attached hydrogens (tertiary/aromatic N) is 2. The highest BCUT2D eigenvalue weighted by Gasteiger charge is 2.20. The lowest BCUT2D eigenvalue weighted by Gasteiger charge is -2.21. The van der Waals surface area contributed by atoms with Crippen LogP contribution in [-0.2, 0) is 0 Å². The van der Waals surface area contributed by atoms with Gasteiger partial charge in [0.15, 0.2) is 5.06 Å². The molecule has 2 rings (SSSR count). The molecule has 0 saturated heterocycles. The highest BCUT2D eigenvalue weighted by Crippen LogP contribution is 2.35. The fraction of sp³-hybridized carbons (Fsp3) is 0.133. The number of terminal acetylenes is 1. The van der Waals surface area contributed by atoms with Gasteiger partial charge in [0.1, 0.15) is 16.6 Å². The van der Waals surface area contributed by atoms with E-state index in [2.05, 4.69) is 5.92 Å². The minimum atomic E-state index is -0.645. The van der Waals surface area contributed by atoms with E-state index in [0.29, 0.717) is 20.9 Å². The standard InChI is InChI=1S/C15H13FN2O3S/c1-3-10-18(15(19)17(2)20)13-8-9-14(22-13)21-12-6-4-11(16)5-7-12/h1,4-9,20H,10H2,2H3. The summed E-state index contributed by atoms with van der Waals surface area (Å²) < 4.78 is 18.4. The normalized spacial score (nSPS) is 9.91. The van der Waals surface area contributed by atoms with Crippen LogP contribution in [0.25, 0.3) is 0 Å². The predicted octanol–water partition coefficient (Wildman–Crippen LogP) is 3.56. The molecule has 7 heteroatoms. The molecule has 0 atom stereocenters. The molecule has 2 amide bonds. The molecule has 0 radical (unpaired) electrons. The number of hydrogen-bond acceptors (Lipinski definition) is 4. The summed E-state index contributed by atoms with van der Waals surface area (Å²) in [6.07, 6.45) is 5.24. The minimum Gasteiger partial charge on any atom is -0.447 e. The van der Waals surface area contributed by atoms with E-state index in [1.54, 1.807) is 12.1 Å². The average molecular weight is 320 g/mol. The largest absolute Gasteiger partial charge is 0.447 e. The Morgan fingerprint density at radius 3 is 2.64 bits per heavy atom. The van der Waals surface area contributed by atoms with Gasteiger partial charge >= 0.3 is 6.03 Å². The Hall–Kier alpha value is -2.56. The molecule has 0 aliphatic rings. The molecular formula is C15H13FN2O3S. The Morgan fingerprint density at radius 2 is 2.05 bits per heavy atom. The zero-order valence-corrected chi connectivity index (χ0v) is 12.5. The lowest BCUT2D eigenvalue weighted by atomic mass is 10.3. The number of anilines is 1. The van der Waals surface area contributed by atoms with Gasteiger partial charge in [-0.1, -0.05) is 17.3 Å². The summed E-state index contributed by atoms with van der Waals surface area (Å²) >= 11 is 1.18. The Bertz CT molecular complexity index is 692. The molecule has 1 heterocycles. The topological polar surface area (TPSA) is 53.0 Å². The maximum absolute atomic E-state index is 12.8. The number of carbonyl (C=O) groups excluding carboxylic acids is 1. The van der Waals surface area contributed by atoms with Crippen molar-refractivity contribution in [3.05, 3.63) is 42.2 Å². The summed E-state index contributed by atoms with van der Waals surface area (Å²) in [5.74, 6) is 2.48. The Kier molecular flexibility index (Phi) is 4.99. The molecule has 22 heavy (non-hydrogen) atoms. The van der Waals surface area contributed by atoms with Crippen molar-refractivity contribution >= 4 is 22.4 Å². The van der Waals surface area contributed by atoms with Crippen LogP contribution < -0.4 is 9.64 Å². The van der Waals surface area contributed by atoms with Crippen molar-refractivity contribution in [1.29, 1.82) is 0 Å². The van der Waals surface area contributed by atoms with Crippen LogP contribution in [0.15, 0.2) is 36.4 Å². The van der Waals surface area contributed by atoms with E-state index < -0.39 is 6.03 Å². The van der Waals surface area contributed by atoms with E-state index in [1.807, 2.05) is 0 Å². The molecule has 114 valence electrons.